The molecule has 44 heavy (non-hydrogen) atoms. The number of rotatable bonds is 9. The fraction of sp³-hybridized carbons (Fsp3) is 0.447. The molecule has 4 aromatic rings. The Hall–Kier alpha value is -2.66. The minimum Gasteiger partial charge on any atom is -0.512 e. The van der Waals surface area contributed by atoms with E-state index in [4.69, 9.17) is 0 Å². The number of allylic oxidation sites excluding steroid dienone is 2. The molecule has 0 unspecified atom stereocenters. The summed E-state index contributed by atoms with van der Waals surface area (Å²) in [5, 5.41) is 15.6. The molecule has 0 bridgehead atoms. The van der Waals surface area contributed by atoms with E-state index in [0.29, 0.717) is 0 Å². The number of aryl methyl sites for hydroxylation is 1. The maximum atomic E-state index is 12.2. The number of carbonyl (C=O) groups is 1. The van der Waals surface area contributed by atoms with Crippen LogP contribution in [0.2, 0.25) is 0 Å². The van der Waals surface area contributed by atoms with Crippen molar-refractivity contribution in [1.82, 2.24) is 9.97 Å². The third kappa shape index (κ3) is 8.74. The van der Waals surface area contributed by atoms with E-state index in [0.717, 1.165) is 58.6 Å². The van der Waals surface area contributed by atoms with E-state index in [1.54, 1.807) is 11.3 Å². The van der Waals surface area contributed by atoms with Gasteiger partial charge in [-0.05, 0) is 44.1 Å². The number of aromatic nitrogens is 2. The average molecular weight is 790 g/mol. The third-order valence-corrected chi connectivity index (χ3v) is 10.1. The number of aliphatic hydroxyl groups is 1. The fourth-order valence-corrected chi connectivity index (χ4v) is 5.66. The van der Waals surface area contributed by atoms with Gasteiger partial charge in [-0.25, -0.2) is 4.98 Å². The van der Waals surface area contributed by atoms with Gasteiger partial charge in [-0.2, -0.15) is 0 Å². The number of benzene rings is 2. The molecule has 0 fully saturated rings. The van der Waals surface area contributed by atoms with Crippen LogP contribution in [0.3, 0.4) is 0 Å². The molecule has 0 aliphatic rings. The summed E-state index contributed by atoms with van der Waals surface area (Å²) in [4.78, 5) is 21.4. The Labute approximate surface area is 282 Å². The average Bonchev–Trinajstić information content (AvgIpc) is 3.45. The molecular formula is C38H49IrN2O2S-. The quantitative estimate of drug-likeness (QED) is 0.104. The number of pyridine rings is 1. The second-order valence-electron chi connectivity index (χ2n) is 13.0. The monoisotopic (exact) mass is 790 g/mol. The summed E-state index contributed by atoms with van der Waals surface area (Å²) in [6, 6.07) is 18.4. The Morgan fingerprint density at radius 1 is 0.932 bits per heavy atom. The van der Waals surface area contributed by atoms with E-state index < -0.39 is 0 Å². The van der Waals surface area contributed by atoms with E-state index in [2.05, 4.69) is 78.6 Å². The summed E-state index contributed by atoms with van der Waals surface area (Å²) < 4.78 is 0. The van der Waals surface area contributed by atoms with Crippen molar-refractivity contribution in [2.75, 3.05) is 0 Å². The molecule has 0 aliphatic heterocycles. The first-order valence-corrected chi connectivity index (χ1v) is 16.4. The van der Waals surface area contributed by atoms with Crippen molar-refractivity contribution in [3.63, 3.8) is 0 Å². The molecule has 6 heteroatoms. The van der Waals surface area contributed by atoms with Crippen LogP contribution in [-0.4, -0.2) is 20.9 Å². The van der Waals surface area contributed by atoms with Crippen LogP contribution < -0.4 is 0 Å². The van der Waals surface area contributed by atoms with Crippen LogP contribution in [-0.2, 0) is 30.3 Å². The van der Waals surface area contributed by atoms with Gasteiger partial charge in [-0.3, -0.25) is 9.78 Å². The smallest absolute Gasteiger partial charge is 0.164 e. The van der Waals surface area contributed by atoms with Gasteiger partial charge in [0.1, 0.15) is 10.8 Å². The molecular weight excluding hydrogens is 741 g/mol. The van der Waals surface area contributed by atoms with Crippen LogP contribution in [0.4, 0.5) is 0 Å². The van der Waals surface area contributed by atoms with Crippen molar-refractivity contribution < 1.29 is 30.0 Å². The summed E-state index contributed by atoms with van der Waals surface area (Å²) in [6.07, 6.45) is 6.62. The number of aliphatic hydroxyl groups excluding tert-OH is 1. The molecule has 0 atom stereocenters. The SMILES string of the molecule is CCC(C)(CC)C(=O)/C=C(\O)C(C)(CC)CC.Cc1csc(-c2ccnc(-c3[c-]c4ccccc4c(C(C)(C)C)c3)c2)n1.[Ir]. The molecule has 1 N–H and O–H groups in total. The predicted octanol–water partition coefficient (Wildman–Crippen LogP) is 11.1. The van der Waals surface area contributed by atoms with Crippen molar-refractivity contribution >= 4 is 27.9 Å². The van der Waals surface area contributed by atoms with Gasteiger partial charge in [0.15, 0.2) is 5.78 Å². The predicted molar refractivity (Wildman–Crippen MR) is 184 cm³/mol. The van der Waals surface area contributed by atoms with Crippen LogP contribution in [0.25, 0.3) is 32.6 Å². The van der Waals surface area contributed by atoms with Crippen LogP contribution >= 0.6 is 11.3 Å². The van der Waals surface area contributed by atoms with Gasteiger partial charge in [0, 0.05) is 65.5 Å². The van der Waals surface area contributed by atoms with Crippen molar-refractivity contribution in [2.24, 2.45) is 10.8 Å². The number of thiazole rings is 1. The molecule has 4 rings (SSSR count). The maximum Gasteiger partial charge on any atom is 0.164 e. The second-order valence-corrected chi connectivity index (χ2v) is 13.9. The van der Waals surface area contributed by atoms with Gasteiger partial charge in [0.05, 0.1) is 0 Å². The molecule has 0 saturated heterocycles. The Balaban J connectivity index is 0.000000331. The summed E-state index contributed by atoms with van der Waals surface area (Å²) in [5.41, 5.74) is 4.89. The number of hydrogen-bond acceptors (Lipinski definition) is 5. The zero-order valence-corrected chi connectivity index (χ0v) is 31.3. The minimum absolute atomic E-state index is 0. The largest absolute Gasteiger partial charge is 0.512 e. The zero-order chi connectivity index (χ0) is 32.0. The Kier molecular flexibility index (Phi) is 13.3. The summed E-state index contributed by atoms with van der Waals surface area (Å²) in [5.74, 6) is 0.286. The Morgan fingerprint density at radius 2 is 1.55 bits per heavy atom. The van der Waals surface area contributed by atoms with Crippen LogP contribution in [0.15, 0.2) is 65.9 Å². The van der Waals surface area contributed by atoms with Crippen molar-refractivity contribution in [1.29, 1.82) is 0 Å². The number of hydrogen-bond donors (Lipinski definition) is 1. The van der Waals surface area contributed by atoms with Crippen molar-refractivity contribution in [3.8, 4) is 21.8 Å². The maximum absolute atomic E-state index is 12.2. The van der Waals surface area contributed by atoms with E-state index >= 15 is 0 Å². The molecule has 4 nitrogen and oxygen atoms in total. The number of nitrogens with zero attached hydrogens (tertiary/aromatic N) is 2. The number of fused-ring (bicyclic) bond motifs is 1. The molecule has 1 radical (unpaired) electrons. The van der Waals surface area contributed by atoms with Gasteiger partial charge in [0.2, 0.25) is 0 Å². The van der Waals surface area contributed by atoms with E-state index in [-0.39, 0.29) is 47.9 Å². The topological polar surface area (TPSA) is 63.1 Å². The summed E-state index contributed by atoms with van der Waals surface area (Å²) in [6.45, 7) is 20.9. The fourth-order valence-electron chi connectivity index (χ4n) is 4.87. The first kappa shape index (κ1) is 37.5. The van der Waals surface area contributed by atoms with Crippen LogP contribution in [0, 0.1) is 23.8 Å². The second kappa shape index (κ2) is 15.6. The number of carbonyl (C=O) groups excluding carboxylic acids is 1. The zero-order valence-electron chi connectivity index (χ0n) is 28.1. The third-order valence-electron chi connectivity index (χ3n) is 9.09. The Morgan fingerprint density at radius 3 is 2.09 bits per heavy atom. The minimum atomic E-state index is -0.337. The molecule has 2 aromatic carbocycles. The molecule has 239 valence electrons. The van der Waals surface area contributed by atoms with Crippen molar-refractivity contribution in [3.05, 3.63) is 83.2 Å². The Bertz CT molecular complexity index is 1570. The summed E-state index contributed by atoms with van der Waals surface area (Å²) in [7, 11) is 0. The number of ketones is 1. The molecule has 2 aromatic heterocycles. The normalized spacial score (nSPS) is 12.4. The van der Waals surface area contributed by atoms with Gasteiger partial charge in [-0.1, -0.05) is 97.5 Å². The van der Waals surface area contributed by atoms with E-state index in [9.17, 15) is 9.90 Å². The standard InChI is InChI=1S/C23H21N2S.C15H28O2.Ir/c1-15-14-26-22(25-15)17-9-10-24-21(13-17)18-11-16-7-5-6-8-19(16)20(12-18)23(2,3)4;1-7-14(5,8-2)12(16)11-13(17)15(6,9-3)10-4;/h5-10,12-14H,1-4H3;11,16H,7-10H2,1-6H3;/q-1;;/b;12-11-;. The first-order valence-electron chi connectivity index (χ1n) is 15.5. The molecule has 0 amide bonds. The molecule has 2 heterocycles. The van der Waals surface area contributed by atoms with Gasteiger partial charge >= 0.3 is 0 Å². The van der Waals surface area contributed by atoms with Crippen LogP contribution in [0.1, 0.15) is 99.3 Å². The van der Waals surface area contributed by atoms with Gasteiger partial charge in [-0.15, -0.1) is 40.5 Å². The summed E-state index contributed by atoms with van der Waals surface area (Å²) >= 11 is 1.67. The van der Waals surface area contributed by atoms with Gasteiger partial charge < -0.3 is 5.11 Å². The molecule has 0 spiro atoms. The van der Waals surface area contributed by atoms with Crippen molar-refractivity contribution in [2.45, 2.75) is 100 Å². The van der Waals surface area contributed by atoms with E-state index in [1.165, 1.54) is 17.0 Å². The van der Waals surface area contributed by atoms with Gasteiger partial charge in [0.25, 0.3) is 0 Å². The first-order chi connectivity index (χ1) is 20.2. The molecule has 0 saturated carbocycles. The van der Waals surface area contributed by atoms with Crippen LogP contribution in [0.5, 0.6) is 0 Å². The molecule has 0 aliphatic carbocycles. The van der Waals surface area contributed by atoms with E-state index in [1.807, 2.05) is 60.7 Å².